The minimum Gasteiger partial charge on any atom is -0.296 e. The summed E-state index contributed by atoms with van der Waals surface area (Å²) in [4.78, 5) is 2.42. The van der Waals surface area contributed by atoms with Crippen molar-refractivity contribution in [1.82, 2.24) is 9.21 Å². The molecule has 0 spiro atoms. The lowest BCUT2D eigenvalue weighted by Gasteiger charge is -2.34. The van der Waals surface area contributed by atoms with Gasteiger partial charge in [0.15, 0.2) is 0 Å². The van der Waals surface area contributed by atoms with Crippen molar-refractivity contribution >= 4 is 33.2 Å². The lowest BCUT2D eigenvalue weighted by Crippen LogP contribution is -2.48. The summed E-state index contributed by atoms with van der Waals surface area (Å²) in [5.74, 6) is 0. The topological polar surface area (TPSA) is 40.6 Å². The van der Waals surface area contributed by atoms with E-state index >= 15 is 0 Å². The number of sulfonamides is 1. The maximum Gasteiger partial charge on any atom is 0.243 e. The maximum absolute atomic E-state index is 12.8. The van der Waals surface area contributed by atoms with E-state index in [1.165, 1.54) is 33.6 Å². The third-order valence-electron chi connectivity index (χ3n) is 4.33. The first kappa shape index (κ1) is 18.7. The monoisotopic (exact) mass is 398 g/mol. The Balaban J connectivity index is 1.65. The van der Waals surface area contributed by atoms with Gasteiger partial charge in [-0.25, -0.2) is 8.42 Å². The van der Waals surface area contributed by atoms with Crippen molar-refractivity contribution in [2.75, 3.05) is 26.2 Å². The van der Waals surface area contributed by atoms with E-state index in [1.54, 1.807) is 0 Å². The molecule has 0 N–H and O–H groups in total. The molecule has 1 aliphatic heterocycles. The molecule has 1 fully saturated rings. The summed E-state index contributed by atoms with van der Waals surface area (Å²) in [6.07, 6.45) is 0. The molecule has 0 radical (unpaired) electrons. The van der Waals surface area contributed by atoms with Gasteiger partial charge in [0.25, 0.3) is 0 Å². The summed E-state index contributed by atoms with van der Waals surface area (Å²) in [5.41, 5.74) is 2.48. The number of hydrogen-bond donors (Lipinski definition) is 0. The van der Waals surface area contributed by atoms with Crippen LogP contribution in [0, 0.1) is 6.92 Å². The van der Waals surface area contributed by atoms with Crippen molar-refractivity contribution in [3.05, 3.63) is 63.6 Å². The van der Waals surface area contributed by atoms with Gasteiger partial charge in [-0.3, -0.25) is 4.90 Å². The van der Waals surface area contributed by atoms with E-state index in [0.717, 1.165) is 6.54 Å². The van der Waals surface area contributed by atoms with Gasteiger partial charge in [0.05, 0.1) is 4.90 Å². The van der Waals surface area contributed by atoms with E-state index < -0.39 is 10.0 Å². The number of hydrogen-bond acceptors (Lipinski definition) is 3. The molecule has 25 heavy (non-hydrogen) atoms. The van der Waals surface area contributed by atoms with E-state index in [1.807, 2.05) is 0 Å². The number of aryl methyl sites for hydroxylation is 1. The number of rotatable bonds is 4. The Morgan fingerprint density at radius 1 is 0.920 bits per heavy atom. The highest BCUT2D eigenvalue weighted by atomic mass is 35.5. The van der Waals surface area contributed by atoms with Crippen LogP contribution in [-0.2, 0) is 16.6 Å². The Morgan fingerprint density at radius 3 is 2.04 bits per heavy atom. The second kappa shape index (κ2) is 7.64. The van der Waals surface area contributed by atoms with Gasteiger partial charge >= 0.3 is 0 Å². The molecule has 0 aromatic heterocycles. The summed E-state index contributed by atoms with van der Waals surface area (Å²) >= 11 is 11.9. The molecule has 0 atom stereocenters. The van der Waals surface area contributed by atoms with Crippen LogP contribution in [0.1, 0.15) is 11.1 Å². The molecule has 0 saturated carbocycles. The van der Waals surface area contributed by atoms with Crippen molar-refractivity contribution in [3.8, 4) is 0 Å². The molecule has 134 valence electrons. The summed E-state index contributed by atoms with van der Waals surface area (Å²) in [7, 11) is -3.57. The molecule has 2 aromatic rings. The first-order chi connectivity index (χ1) is 11.8. The smallest absolute Gasteiger partial charge is 0.243 e. The molecule has 2 aromatic carbocycles. The van der Waals surface area contributed by atoms with E-state index in [2.05, 4.69) is 36.1 Å². The predicted octanol–water partition coefficient (Wildman–Crippen LogP) is 3.81. The Bertz CT molecular complexity index is 826. The average Bonchev–Trinajstić information content (AvgIpc) is 2.57. The lowest BCUT2D eigenvalue weighted by atomic mass is 10.1. The Labute approximate surface area is 159 Å². The van der Waals surface area contributed by atoms with Gasteiger partial charge in [0.2, 0.25) is 10.0 Å². The van der Waals surface area contributed by atoms with Crippen molar-refractivity contribution in [2.45, 2.75) is 18.4 Å². The molecular formula is C18H20Cl2N2O2S. The zero-order chi connectivity index (χ0) is 18.0. The number of nitrogens with zero attached hydrogens (tertiary/aromatic N) is 2. The number of benzene rings is 2. The van der Waals surface area contributed by atoms with E-state index in [4.69, 9.17) is 23.2 Å². The third kappa shape index (κ3) is 4.54. The van der Waals surface area contributed by atoms with E-state index in [-0.39, 0.29) is 4.90 Å². The van der Waals surface area contributed by atoms with Crippen LogP contribution in [0.5, 0.6) is 0 Å². The first-order valence-corrected chi connectivity index (χ1v) is 10.3. The average molecular weight is 399 g/mol. The van der Waals surface area contributed by atoms with Crippen LogP contribution in [0.4, 0.5) is 0 Å². The quantitative estimate of drug-likeness (QED) is 0.785. The molecule has 0 unspecified atom stereocenters. The Kier molecular flexibility index (Phi) is 5.71. The second-order valence-corrected chi connectivity index (χ2v) is 9.08. The SMILES string of the molecule is Cc1ccc(CN2CCN(S(=O)(=O)c3cc(Cl)cc(Cl)c3)CC2)cc1. The van der Waals surface area contributed by atoms with Crippen molar-refractivity contribution in [2.24, 2.45) is 0 Å². The van der Waals surface area contributed by atoms with Gasteiger partial charge in [0, 0.05) is 42.8 Å². The fourth-order valence-electron chi connectivity index (χ4n) is 2.91. The third-order valence-corrected chi connectivity index (χ3v) is 6.64. The van der Waals surface area contributed by atoms with Gasteiger partial charge in [-0.15, -0.1) is 0 Å². The van der Waals surface area contributed by atoms with Gasteiger partial charge in [-0.2, -0.15) is 4.31 Å². The van der Waals surface area contributed by atoms with Crippen LogP contribution >= 0.6 is 23.2 Å². The molecular weight excluding hydrogens is 379 g/mol. The fourth-order valence-corrected chi connectivity index (χ4v) is 5.06. The minimum absolute atomic E-state index is 0.150. The summed E-state index contributed by atoms with van der Waals surface area (Å²) in [6.45, 7) is 5.20. The normalized spacial score (nSPS) is 16.9. The number of piperazine rings is 1. The first-order valence-electron chi connectivity index (χ1n) is 8.09. The second-order valence-electron chi connectivity index (χ2n) is 6.27. The van der Waals surface area contributed by atoms with E-state index in [0.29, 0.717) is 36.2 Å². The van der Waals surface area contributed by atoms with Crippen LogP contribution in [-0.4, -0.2) is 43.8 Å². The summed E-state index contributed by atoms with van der Waals surface area (Å²) in [5, 5.41) is 0.646. The molecule has 4 nitrogen and oxygen atoms in total. The van der Waals surface area contributed by atoms with Gasteiger partial charge in [-0.05, 0) is 30.7 Å². The molecule has 3 rings (SSSR count). The van der Waals surface area contributed by atoms with Crippen LogP contribution in [0.3, 0.4) is 0 Å². The minimum atomic E-state index is -3.57. The molecule has 1 aliphatic rings. The highest BCUT2D eigenvalue weighted by Crippen LogP contribution is 2.25. The highest BCUT2D eigenvalue weighted by molar-refractivity contribution is 7.89. The molecule has 1 saturated heterocycles. The number of halogens is 2. The van der Waals surface area contributed by atoms with Gasteiger partial charge in [0.1, 0.15) is 0 Å². The maximum atomic E-state index is 12.8. The standard InChI is InChI=1S/C18H20Cl2N2O2S/c1-14-2-4-15(5-3-14)13-21-6-8-22(9-7-21)25(23,24)18-11-16(19)10-17(20)12-18/h2-5,10-12H,6-9,13H2,1H3. The fraction of sp³-hybridized carbons (Fsp3) is 0.333. The van der Waals surface area contributed by atoms with Crippen molar-refractivity contribution in [1.29, 1.82) is 0 Å². The van der Waals surface area contributed by atoms with Crippen LogP contribution in [0.25, 0.3) is 0 Å². The van der Waals surface area contributed by atoms with Crippen LogP contribution < -0.4 is 0 Å². The van der Waals surface area contributed by atoms with Gasteiger partial charge in [-0.1, -0.05) is 53.0 Å². The Hall–Kier alpha value is -1.11. The molecule has 1 heterocycles. The molecule has 7 heteroatoms. The largest absolute Gasteiger partial charge is 0.296 e. The van der Waals surface area contributed by atoms with Crippen molar-refractivity contribution in [3.63, 3.8) is 0 Å². The molecule has 0 bridgehead atoms. The summed E-state index contributed by atoms with van der Waals surface area (Å²) < 4.78 is 27.1. The lowest BCUT2D eigenvalue weighted by molar-refractivity contribution is 0.181. The molecule has 0 amide bonds. The highest BCUT2D eigenvalue weighted by Gasteiger charge is 2.28. The predicted molar refractivity (Wildman–Crippen MR) is 102 cm³/mol. The van der Waals surface area contributed by atoms with Crippen molar-refractivity contribution < 1.29 is 8.42 Å². The zero-order valence-electron chi connectivity index (χ0n) is 14.0. The van der Waals surface area contributed by atoms with E-state index in [9.17, 15) is 8.42 Å². The van der Waals surface area contributed by atoms with Crippen LogP contribution in [0.15, 0.2) is 47.4 Å². The zero-order valence-corrected chi connectivity index (χ0v) is 16.3. The molecule has 0 aliphatic carbocycles. The van der Waals surface area contributed by atoms with Crippen LogP contribution in [0.2, 0.25) is 10.0 Å². The summed E-state index contributed by atoms with van der Waals surface area (Å²) in [6, 6.07) is 12.8. The van der Waals surface area contributed by atoms with Gasteiger partial charge < -0.3 is 0 Å². The Morgan fingerprint density at radius 2 is 1.48 bits per heavy atom.